The Hall–Kier alpha value is -3.01. The van der Waals surface area contributed by atoms with Gasteiger partial charge in [0, 0.05) is 32.2 Å². The molecular formula is C30H20Br2F4O2S. The maximum absolute atomic E-state index is 14.4. The molecule has 9 heteroatoms. The fourth-order valence-electron chi connectivity index (χ4n) is 3.94. The predicted octanol–water partition coefficient (Wildman–Crippen LogP) is 9.39. The van der Waals surface area contributed by atoms with Crippen molar-refractivity contribution in [3.8, 4) is 0 Å². The van der Waals surface area contributed by atoms with Gasteiger partial charge in [0.2, 0.25) is 0 Å². The van der Waals surface area contributed by atoms with Crippen LogP contribution in [0.4, 0.5) is 17.6 Å². The van der Waals surface area contributed by atoms with Crippen LogP contribution < -0.4 is 0 Å². The van der Waals surface area contributed by atoms with Gasteiger partial charge >= 0.3 is 0 Å². The summed E-state index contributed by atoms with van der Waals surface area (Å²) in [5.74, 6) is -3.19. The highest BCUT2D eigenvalue weighted by molar-refractivity contribution is 9.10. The van der Waals surface area contributed by atoms with Crippen molar-refractivity contribution >= 4 is 53.8 Å². The van der Waals surface area contributed by atoms with Gasteiger partial charge in [-0.25, -0.2) is 26.0 Å². The van der Waals surface area contributed by atoms with Gasteiger partial charge in [-0.3, -0.25) is 0 Å². The van der Waals surface area contributed by atoms with E-state index in [0.717, 1.165) is 21.1 Å². The molecule has 0 aliphatic carbocycles. The van der Waals surface area contributed by atoms with Gasteiger partial charge in [-0.05, 0) is 59.7 Å². The maximum Gasteiger partial charge on any atom is 0.171 e. The van der Waals surface area contributed by atoms with Crippen LogP contribution in [0, 0.1) is 23.3 Å². The monoisotopic (exact) mass is 678 g/mol. The minimum atomic E-state index is -4.17. The SMILES string of the molecule is O=S(=O)(C(C=Cc1ccc(F)cc1F)c1ccc(Br)cc1)C(C=Cc1ccc(F)cc1F)c1ccc(Br)cc1. The van der Waals surface area contributed by atoms with Gasteiger partial charge in [-0.1, -0.05) is 80.4 Å². The lowest BCUT2D eigenvalue weighted by molar-refractivity contribution is 0.580. The van der Waals surface area contributed by atoms with Crippen LogP contribution in [0.5, 0.6) is 0 Å². The topological polar surface area (TPSA) is 34.1 Å². The summed E-state index contributed by atoms with van der Waals surface area (Å²) in [5.41, 5.74) is 0.830. The molecule has 2 unspecified atom stereocenters. The van der Waals surface area contributed by atoms with Crippen molar-refractivity contribution in [3.63, 3.8) is 0 Å². The zero-order valence-electron chi connectivity index (χ0n) is 20.0. The molecular weight excluding hydrogens is 660 g/mol. The largest absolute Gasteiger partial charge is 0.227 e. The Morgan fingerprint density at radius 3 is 1.26 bits per heavy atom. The van der Waals surface area contributed by atoms with Crippen molar-refractivity contribution in [2.75, 3.05) is 0 Å². The molecule has 4 rings (SSSR count). The second-order valence-corrected chi connectivity index (χ2v) is 12.6. The van der Waals surface area contributed by atoms with E-state index in [2.05, 4.69) is 31.9 Å². The van der Waals surface area contributed by atoms with E-state index in [4.69, 9.17) is 0 Å². The van der Waals surface area contributed by atoms with Crippen molar-refractivity contribution in [3.05, 3.63) is 152 Å². The molecule has 4 aromatic carbocycles. The Morgan fingerprint density at radius 1 is 0.564 bits per heavy atom. The number of benzene rings is 4. The molecule has 200 valence electrons. The van der Waals surface area contributed by atoms with E-state index in [1.165, 1.54) is 36.4 Å². The molecule has 0 radical (unpaired) electrons. The highest BCUT2D eigenvalue weighted by Gasteiger charge is 2.33. The highest BCUT2D eigenvalue weighted by atomic mass is 79.9. The third kappa shape index (κ3) is 7.15. The molecule has 0 aliphatic heterocycles. The lowest BCUT2D eigenvalue weighted by atomic mass is 10.1. The molecule has 39 heavy (non-hydrogen) atoms. The molecule has 2 nitrogen and oxygen atoms in total. The Labute approximate surface area is 240 Å². The van der Waals surface area contributed by atoms with Gasteiger partial charge in [0.25, 0.3) is 0 Å². The van der Waals surface area contributed by atoms with Gasteiger partial charge in [0.1, 0.15) is 33.8 Å². The summed E-state index contributed by atoms with van der Waals surface area (Å²) in [6.07, 6.45) is 5.27. The number of hydrogen-bond donors (Lipinski definition) is 0. The third-order valence-corrected chi connectivity index (χ3v) is 9.26. The maximum atomic E-state index is 14.4. The van der Waals surface area contributed by atoms with Crippen LogP contribution in [0.25, 0.3) is 12.2 Å². The van der Waals surface area contributed by atoms with Gasteiger partial charge in [-0.15, -0.1) is 0 Å². The van der Waals surface area contributed by atoms with Gasteiger partial charge in [0.05, 0.1) is 0 Å². The Balaban J connectivity index is 1.85. The molecule has 0 bridgehead atoms. The normalized spacial score (nSPS) is 13.7. The van der Waals surface area contributed by atoms with E-state index in [-0.39, 0.29) is 11.1 Å². The number of rotatable bonds is 8. The second kappa shape index (κ2) is 12.4. The van der Waals surface area contributed by atoms with Crippen LogP contribution in [0.2, 0.25) is 0 Å². The first-order valence-corrected chi connectivity index (χ1v) is 14.7. The van der Waals surface area contributed by atoms with Gasteiger partial charge < -0.3 is 0 Å². The van der Waals surface area contributed by atoms with Crippen molar-refractivity contribution in [1.82, 2.24) is 0 Å². The summed E-state index contributed by atoms with van der Waals surface area (Å²) in [4.78, 5) is 0. The third-order valence-electron chi connectivity index (χ3n) is 5.93. The van der Waals surface area contributed by atoms with Crippen LogP contribution in [0.3, 0.4) is 0 Å². The van der Waals surface area contributed by atoms with Crippen LogP contribution in [0.1, 0.15) is 32.8 Å². The lowest BCUT2D eigenvalue weighted by Gasteiger charge is -2.22. The fourth-order valence-corrected chi connectivity index (χ4v) is 6.45. The molecule has 0 amide bonds. The van der Waals surface area contributed by atoms with Crippen molar-refractivity contribution in [2.24, 2.45) is 0 Å². The molecule has 0 saturated heterocycles. The molecule has 4 aromatic rings. The minimum absolute atomic E-state index is 0.0119. The number of sulfone groups is 1. The molecule has 0 fully saturated rings. The standard InChI is InChI=1S/C30H20Br2F4O2S/c31-23-9-1-21(2-10-23)29(15-7-19-5-13-25(33)17-27(19)35)39(37,38)30(22-3-11-24(32)12-4-22)16-8-20-6-14-26(34)18-28(20)36/h1-18,29-30H. The molecule has 0 heterocycles. The Bertz CT molecular complexity index is 1520. The molecule has 0 N–H and O–H groups in total. The summed E-state index contributed by atoms with van der Waals surface area (Å²) in [5, 5.41) is -2.52. The molecule has 2 atom stereocenters. The quantitative estimate of drug-likeness (QED) is 0.174. The fraction of sp³-hybridized carbons (Fsp3) is 0.0667. The number of halogens is 6. The van der Waals surface area contributed by atoms with Crippen LogP contribution in [-0.2, 0) is 9.84 Å². The van der Waals surface area contributed by atoms with Gasteiger partial charge in [-0.2, -0.15) is 0 Å². The first-order chi connectivity index (χ1) is 18.5. The van der Waals surface area contributed by atoms with E-state index >= 15 is 0 Å². The molecule has 0 aromatic heterocycles. The summed E-state index contributed by atoms with van der Waals surface area (Å²) in [6.45, 7) is 0. The summed E-state index contributed by atoms with van der Waals surface area (Å²) in [6, 6.07) is 19.3. The molecule has 0 spiro atoms. The van der Waals surface area contributed by atoms with Crippen molar-refractivity contribution in [2.45, 2.75) is 10.5 Å². The van der Waals surface area contributed by atoms with E-state index in [1.54, 1.807) is 48.5 Å². The van der Waals surface area contributed by atoms with E-state index in [9.17, 15) is 26.0 Å². The zero-order valence-corrected chi connectivity index (χ0v) is 24.0. The number of hydrogen-bond acceptors (Lipinski definition) is 2. The molecule has 0 saturated carbocycles. The summed E-state index contributed by atoms with van der Waals surface area (Å²) in [7, 11) is -4.17. The van der Waals surface area contributed by atoms with Crippen molar-refractivity contribution < 1.29 is 26.0 Å². The first kappa shape index (κ1) is 29.0. The summed E-state index contributed by atoms with van der Waals surface area (Å²) >= 11 is 6.68. The Morgan fingerprint density at radius 2 is 0.923 bits per heavy atom. The van der Waals surface area contributed by atoms with E-state index in [1.807, 2.05) is 0 Å². The summed E-state index contributed by atoms with van der Waals surface area (Å²) < 4.78 is 85.6. The highest BCUT2D eigenvalue weighted by Crippen LogP contribution is 2.38. The van der Waals surface area contributed by atoms with Gasteiger partial charge in [0.15, 0.2) is 9.84 Å². The van der Waals surface area contributed by atoms with Crippen molar-refractivity contribution in [1.29, 1.82) is 0 Å². The van der Waals surface area contributed by atoms with Crippen LogP contribution in [-0.4, -0.2) is 8.42 Å². The van der Waals surface area contributed by atoms with E-state index in [0.29, 0.717) is 23.3 Å². The Kier molecular flexibility index (Phi) is 9.25. The average Bonchev–Trinajstić information content (AvgIpc) is 2.88. The minimum Gasteiger partial charge on any atom is -0.227 e. The smallest absolute Gasteiger partial charge is 0.171 e. The van der Waals surface area contributed by atoms with Crippen LogP contribution in [0.15, 0.2) is 106 Å². The average molecular weight is 680 g/mol. The zero-order chi connectivity index (χ0) is 28.2. The predicted molar refractivity (Wildman–Crippen MR) is 153 cm³/mol. The van der Waals surface area contributed by atoms with Crippen LogP contribution >= 0.6 is 31.9 Å². The molecule has 0 aliphatic rings. The second-order valence-electron chi connectivity index (χ2n) is 8.58. The first-order valence-electron chi connectivity index (χ1n) is 11.5. The van der Waals surface area contributed by atoms with E-state index < -0.39 is 43.6 Å². The lowest BCUT2D eigenvalue weighted by Crippen LogP contribution is -2.19.